The normalized spacial score (nSPS) is 39.2. The van der Waals surface area contributed by atoms with E-state index in [1.165, 1.54) is 12.8 Å². The fourth-order valence-electron chi connectivity index (χ4n) is 7.16. The minimum Gasteiger partial charge on any atom is -0.347 e. The summed E-state index contributed by atoms with van der Waals surface area (Å²) in [6.45, 7) is 9.37. The second-order valence-corrected chi connectivity index (χ2v) is 9.77. The Balaban J connectivity index is 1.46. The van der Waals surface area contributed by atoms with Crippen LogP contribution in [0.5, 0.6) is 0 Å². The zero-order chi connectivity index (χ0) is 19.9. The van der Waals surface area contributed by atoms with E-state index in [-0.39, 0.29) is 11.5 Å². The van der Waals surface area contributed by atoms with E-state index in [1.807, 2.05) is 6.08 Å². The summed E-state index contributed by atoms with van der Waals surface area (Å²) in [5.74, 6) is 0.0242. The number of Topliss-reactive ketones (excluding diaryl/α,β-unsaturated/α-hetero) is 1. The monoisotopic (exact) mass is 400 g/mol. The highest BCUT2D eigenvalue weighted by atomic mass is 16.7. The maximum Gasteiger partial charge on any atom is 0.178 e. The van der Waals surface area contributed by atoms with Crippen molar-refractivity contribution in [1.29, 1.82) is 0 Å². The SMILES string of the molecule is C=CCCCCN1CC[C@H]2C3(CC(=O)[C@@H]4N5CCCC=C[C@H]5C[C@@]42C1)OCCO3. The molecule has 1 aliphatic carbocycles. The third-order valence-corrected chi connectivity index (χ3v) is 8.15. The number of piperidine rings is 1. The van der Waals surface area contributed by atoms with Crippen LogP contribution in [0.1, 0.15) is 51.4 Å². The lowest BCUT2D eigenvalue weighted by atomic mass is 9.57. The summed E-state index contributed by atoms with van der Waals surface area (Å²) in [4.78, 5) is 18.8. The lowest BCUT2D eigenvalue weighted by Crippen LogP contribution is -2.68. The molecule has 1 saturated carbocycles. The first kappa shape index (κ1) is 19.9. The number of allylic oxidation sites excluding steroid dienone is 2. The highest BCUT2D eigenvalue weighted by Gasteiger charge is 2.69. The average molecular weight is 401 g/mol. The molecule has 0 bridgehead atoms. The van der Waals surface area contributed by atoms with E-state index in [0.29, 0.717) is 37.4 Å². The van der Waals surface area contributed by atoms with Crippen molar-refractivity contribution in [3.8, 4) is 0 Å². The van der Waals surface area contributed by atoms with Crippen molar-refractivity contribution in [1.82, 2.24) is 9.80 Å². The fraction of sp³-hybridized carbons (Fsp3) is 0.792. The number of hydrogen-bond acceptors (Lipinski definition) is 5. The van der Waals surface area contributed by atoms with E-state index in [2.05, 4.69) is 28.5 Å². The van der Waals surface area contributed by atoms with Crippen LogP contribution in [0, 0.1) is 11.3 Å². The molecule has 160 valence electrons. The van der Waals surface area contributed by atoms with Gasteiger partial charge in [-0.2, -0.15) is 0 Å². The van der Waals surface area contributed by atoms with Crippen LogP contribution in [0.15, 0.2) is 24.8 Å². The summed E-state index contributed by atoms with van der Waals surface area (Å²) in [6, 6.07) is 0.431. The number of hydrogen-bond donors (Lipinski definition) is 0. The van der Waals surface area contributed by atoms with Gasteiger partial charge in [-0.1, -0.05) is 18.2 Å². The van der Waals surface area contributed by atoms with Crippen molar-refractivity contribution >= 4 is 5.78 Å². The molecule has 4 heterocycles. The van der Waals surface area contributed by atoms with Crippen LogP contribution in [-0.4, -0.2) is 72.8 Å². The van der Waals surface area contributed by atoms with Gasteiger partial charge >= 0.3 is 0 Å². The highest BCUT2D eigenvalue weighted by molar-refractivity contribution is 5.88. The molecule has 0 amide bonds. The minimum atomic E-state index is -0.656. The molecular formula is C24H36N2O3. The van der Waals surface area contributed by atoms with Crippen LogP contribution in [0.2, 0.25) is 0 Å². The van der Waals surface area contributed by atoms with Crippen molar-refractivity contribution in [3.63, 3.8) is 0 Å². The Kier molecular flexibility index (Phi) is 5.44. The molecule has 0 aromatic carbocycles. The molecular weight excluding hydrogens is 364 g/mol. The first-order chi connectivity index (χ1) is 14.2. The van der Waals surface area contributed by atoms with Crippen LogP contribution in [-0.2, 0) is 14.3 Å². The van der Waals surface area contributed by atoms with Crippen molar-refractivity contribution in [2.24, 2.45) is 11.3 Å². The minimum absolute atomic E-state index is 0.0367. The summed E-state index contributed by atoms with van der Waals surface area (Å²) in [6.07, 6.45) is 15.1. The zero-order valence-electron chi connectivity index (χ0n) is 17.7. The molecule has 0 radical (unpaired) electrons. The van der Waals surface area contributed by atoms with Gasteiger partial charge in [0, 0.05) is 23.9 Å². The molecule has 5 aliphatic rings. The standard InChI is InChI=1S/C24H36N2O3/c1-2-3-4-7-11-25-13-10-21-23(18-25)16-19-9-6-5-8-12-26(19)22(23)20(27)17-24(21)28-14-15-29-24/h2,6,9,19,21-22H,1,3-5,7-8,10-18H2/t19-,21+,22-,23-/m0/s1. The van der Waals surface area contributed by atoms with Crippen LogP contribution < -0.4 is 0 Å². The smallest absolute Gasteiger partial charge is 0.178 e. The predicted molar refractivity (Wildman–Crippen MR) is 113 cm³/mol. The summed E-state index contributed by atoms with van der Waals surface area (Å²) >= 11 is 0. The van der Waals surface area contributed by atoms with Gasteiger partial charge in [-0.25, -0.2) is 0 Å². The summed E-state index contributed by atoms with van der Waals surface area (Å²) in [7, 11) is 0. The molecule has 0 aromatic heterocycles. The predicted octanol–water partition coefficient (Wildman–Crippen LogP) is 3.16. The number of ketones is 1. The van der Waals surface area contributed by atoms with Crippen LogP contribution in [0.3, 0.4) is 0 Å². The first-order valence-corrected chi connectivity index (χ1v) is 11.7. The van der Waals surface area contributed by atoms with E-state index in [9.17, 15) is 4.79 Å². The van der Waals surface area contributed by atoms with Crippen LogP contribution >= 0.6 is 0 Å². The number of fused-ring (bicyclic) bond motifs is 3. The molecule has 0 N–H and O–H groups in total. The second-order valence-electron chi connectivity index (χ2n) is 9.77. The van der Waals surface area contributed by atoms with E-state index < -0.39 is 5.79 Å². The molecule has 3 saturated heterocycles. The van der Waals surface area contributed by atoms with Crippen LogP contribution in [0.4, 0.5) is 0 Å². The molecule has 4 aliphatic heterocycles. The Morgan fingerprint density at radius 1 is 1.24 bits per heavy atom. The number of likely N-dealkylation sites (tertiary alicyclic amines) is 1. The van der Waals surface area contributed by atoms with Gasteiger partial charge in [0.25, 0.3) is 0 Å². The van der Waals surface area contributed by atoms with E-state index in [0.717, 1.165) is 58.3 Å². The molecule has 5 heteroatoms. The van der Waals surface area contributed by atoms with Gasteiger partial charge in [0.05, 0.1) is 25.7 Å². The molecule has 4 fully saturated rings. The molecule has 0 aromatic rings. The maximum atomic E-state index is 13.6. The maximum absolute atomic E-state index is 13.6. The Hall–Kier alpha value is -1.01. The molecule has 5 nitrogen and oxygen atoms in total. The Labute approximate surface area is 175 Å². The van der Waals surface area contributed by atoms with Crippen molar-refractivity contribution in [3.05, 3.63) is 24.8 Å². The zero-order valence-corrected chi connectivity index (χ0v) is 17.7. The van der Waals surface area contributed by atoms with Crippen LogP contribution in [0.25, 0.3) is 0 Å². The largest absolute Gasteiger partial charge is 0.347 e. The van der Waals surface area contributed by atoms with Gasteiger partial charge in [-0.3, -0.25) is 9.69 Å². The van der Waals surface area contributed by atoms with Gasteiger partial charge in [-0.15, -0.1) is 6.58 Å². The molecule has 0 unspecified atom stereocenters. The molecule has 5 rings (SSSR count). The fourth-order valence-corrected chi connectivity index (χ4v) is 7.16. The topological polar surface area (TPSA) is 42.0 Å². The van der Waals surface area contributed by atoms with Gasteiger partial charge in [-0.05, 0) is 64.6 Å². The Morgan fingerprint density at radius 3 is 2.93 bits per heavy atom. The van der Waals surface area contributed by atoms with E-state index >= 15 is 0 Å². The van der Waals surface area contributed by atoms with Crippen molar-refractivity contribution in [2.75, 3.05) is 39.4 Å². The third-order valence-electron chi connectivity index (χ3n) is 8.15. The highest BCUT2D eigenvalue weighted by Crippen LogP contribution is 2.60. The summed E-state index contributed by atoms with van der Waals surface area (Å²) < 4.78 is 12.5. The summed E-state index contributed by atoms with van der Waals surface area (Å²) in [5.41, 5.74) is -0.0390. The van der Waals surface area contributed by atoms with Gasteiger partial charge < -0.3 is 14.4 Å². The van der Waals surface area contributed by atoms with Gasteiger partial charge in [0.2, 0.25) is 0 Å². The molecule has 2 spiro atoms. The first-order valence-electron chi connectivity index (χ1n) is 11.7. The number of nitrogens with zero attached hydrogens (tertiary/aromatic N) is 2. The molecule has 29 heavy (non-hydrogen) atoms. The lowest BCUT2D eigenvalue weighted by Gasteiger charge is -2.57. The number of unbranched alkanes of at least 4 members (excludes halogenated alkanes) is 2. The number of ether oxygens (including phenoxy) is 2. The van der Waals surface area contributed by atoms with E-state index in [4.69, 9.17) is 9.47 Å². The summed E-state index contributed by atoms with van der Waals surface area (Å²) in [5, 5.41) is 0. The number of carbonyl (C=O) groups is 1. The average Bonchev–Trinajstić information content (AvgIpc) is 3.21. The lowest BCUT2D eigenvalue weighted by molar-refractivity contribution is -0.255. The third kappa shape index (κ3) is 3.25. The van der Waals surface area contributed by atoms with Gasteiger partial charge in [0.1, 0.15) is 0 Å². The Bertz CT molecular complexity index is 671. The quantitative estimate of drug-likeness (QED) is 0.524. The molecule has 4 atom stereocenters. The van der Waals surface area contributed by atoms with Gasteiger partial charge in [0.15, 0.2) is 11.6 Å². The number of rotatable bonds is 5. The van der Waals surface area contributed by atoms with Crippen molar-refractivity contribution < 1.29 is 14.3 Å². The Morgan fingerprint density at radius 2 is 2.10 bits per heavy atom. The number of carbonyl (C=O) groups excluding carboxylic acids is 1. The van der Waals surface area contributed by atoms with Crippen molar-refractivity contribution in [2.45, 2.75) is 69.2 Å². The van der Waals surface area contributed by atoms with E-state index in [1.54, 1.807) is 0 Å². The second kappa shape index (κ2) is 7.92.